The highest BCUT2D eigenvalue weighted by molar-refractivity contribution is 7.80. The zero-order valence-corrected chi connectivity index (χ0v) is 14.9. The van der Waals surface area contributed by atoms with Crippen molar-refractivity contribution in [2.45, 2.75) is 0 Å². The van der Waals surface area contributed by atoms with Gasteiger partial charge in [0.1, 0.15) is 11.5 Å². The maximum absolute atomic E-state index is 5.78. The van der Waals surface area contributed by atoms with Crippen LogP contribution in [0.4, 0.5) is 5.69 Å². The molecule has 2 aromatic rings. The van der Waals surface area contributed by atoms with Gasteiger partial charge in [0.2, 0.25) is 0 Å². The quantitative estimate of drug-likeness (QED) is 0.775. The number of morpholine rings is 1. The first-order valence-corrected chi connectivity index (χ1v) is 8.88. The van der Waals surface area contributed by atoms with Gasteiger partial charge in [-0.15, -0.1) is 0 Å². The van der Waals surface area contributed by atoms with Crippen molar-refractivity contribution in [1.29, 1.82) is 0 Å². The Kier molecular flexibility index (Phi) is 6.62. The van der Waals surface area contributed by atoms with Gasteiger partial charge in [-0.1, -0.05) is 18.2 Å². The number of nitrogens with zero attached hydrogens (tertiary/aromatic N) is 1. The molecule has 2 N–H and O–H groups in total. The van der Waals surface area contributed by atoms with E-state index in [0.29, 0.717) is 5.11 Å². The monoisotopic (exact) mass is 357 g/mol. The van der Waals surface area contributed by atoms with Gasteiger partial charge in [-0.25, -0.2) is 0 Å². The fourth-order valence-electron chi connectivity index (χ4n) is 2.56. The molecule has 0 aromatic heterocycles. The number of para-hydroxylation sites is 1. The molecule has 132 valence electrons. The van der Waals surface area contributed by atoms with Gasteiger partial charge in [-0.3, -0.25) is 4.90 Å². The number of hydrogen-bond acceptors (Lipinski definition) is 4. The third kappa shape index (κ3) is 6.01. The van der Waals surface area contributed by atoms with Crippen molar-refractivity contribution in [3.8, 4) is 11.5 Å². The summed E-state index contributed by atoms with van der Waals surface area (Å²) in [4.78, 5) is 2.37. The summed E-state index contributed by atoms with van der Waals surface area (Å²) >= 11 is 5.34. The fourth-order valence-corrected chi connectivity index (χ4v) is 2.78. The van der Waals surface area contributed by atoms with Crippen LogP contribution < -0.4 is 15.4 Å². The second kappa shape index (κ2) is 9.36. The van der Waals surface area contributed by atoms with E-state index in [4.69, 9.17) is 21.7 Å². The predicted octanol–water partition coefficient (Wildman–Crippen LogP) is 3.10. The average molecular weight is 357 g/mol. The minimum absolute atomic E-state index is 0.630. The summed E-state index contributed by atoms with van der Waals surface area (Å²) in [6.45, 7) is 5.41. The second-order valence-electron chi connectivity index (χ2n) is 5.77. The Morgan fingerprint density at radius 3 is 2.40 bits per heavy atom. The van der Waals surface area contributed by atoms with Crippen LogP contribution in [0.1, 0.15) is 0 Å². The number of ether oxygens (including phenoxy) is 2. The first-order valence-electron chi connectivity index (χ1n) is 8.47. The van der Waals surface area contributed by atoms with Crippen LogP contribution in [-0.4, -0.2) is 49.4 Å². The van der Waals surface area contributed by atoms with Crippen LogP contribution in [0.3, 0.4) is 0 Å². The normalized spacial score (nSPS) is 14.7. The summed E-state index contributed by atoms with van der Waals surface area (Å²) in [6.07, 6.45) is 0. The van der Waals surface area contributed by atoms with Crippen molar-refractivity contribution in [2.75, 3.05) is 44.7 Å². The third-order valence-corrected chi connectivity index (χ3v) is 4.15. The standard InChI is InChI=1S/C19H23N3O2S/c25-19(20-10-11-22-12-14-23-15-13-22)21-16-6-8-18(9-7-16)24-17-4-2-1-3-5-17/h1-9H,10-15H2,(H2,20,21,25). The van der Waals surface area contributed by atoms with Crippen LogP contribution in [0.25, 0.3) is 0 Å². The molecule has 0 radical (unpaired) electrons. The Labute approximate surface area is 153 Å². The molecule has 1 aliphatic rings. The molecule has 0 atom stereocenters. The first-order chi connectivity index (χ1) is 12.3. The molecule has 2 aromatic carbocycles. The Bertz CT molecular complexity index is 658. The molecule has 5 nitrogen and oxygen atoms in total. The zero-order valence-electron chi connectivity index (χ0n) is 14.1. The molecule has 1 fully saturated rings. The lowest BCUT2D eigenvalue weighted by atomic mass is 10.3. The van der Waals surface area contributed by atoms with Crippen LogP contribution in [0.15, 0.2) is 54.6 Å². The van der Waals surface area contributed by atoms with E-state index >= 15 is 0 Å². The molecule has 1 aliphatic heterocycles. The van der Waals surface area contributed by atoms with Crippen LogP contribution in [-0.2, 0) is 4.74 Å². The summed E-state index contributed by atoms with van der Waals surface area (Å²) < 4.78 is 11.1. The predicted molar refractivity (Wildman–Crippen MR) is 104 cm³/mol. The Morgan fingerprint density at radius 1 is 1.00 bits per heavy atom. The summed E-state index contributed by atoms with van der Waals surface area (Å²) in [5.41, 5.74) is 0.935. The van der Waals surface area contributed by atoms with E-state index in [9.17, 15) is 0 Å². The maximum Gasteiger partial charge on any atom is 0.170 e. The van der Waals surface area contributed by atoms with E-state index in [2.05, 4.69) is 15.5 Å². The van der Waals surface area contributed by atoms with Crippen molar-refractivity contribution in [1.82, 2.24) is 10.2 Å². The molecule has 0 saturated carbocycles. The van der Waals surface area contributed by atoms with Gasteiger partial charge in [-0.05, 0) is 48.6 Å². The highest BCUT2D eigenvalue weighted by Crippen LogP contribution is 2.22. The molecule has 25 heavy (non-hydrogen) atoms. The number of rotatable bonds is 6. The van der Waals surface area contributed by atoms with Crippen LogP contribution in [0.5, 0.6) is 11.5 Å². The number of thiocarbonyl (C=S) groups is 1. The highest BCUT2D eigenvalue weighted by atomic mass is 32.1. The molecule has 0 unspecified atom stereocenters. The van der Waals surface area contributed by atoms with E-state index in [-0.39, 0.29) is 0 Å². The molecular weight excluding hydrogens is 334 g/mol. The number of benzene rings is 2. The summed E-state index contributed by atoms with van der Waals surface area (Å²) in [7, 11) is 0. The zero-order chi connectivity index (χ0) is 17.3. The van der Waals surface area contributed by atoms with Crippen molar-refractivity contribution in [3.05, 3.63) is 54.6 Å². The topological polar surface area (TPSA) is 45.8 Å². The van der Waals surface area contributed by atoms with E-state index in [1.807, 2.05) is 54.6 Å². The van der Waals surface area contributed by atoms with Crippen LogP contribution in [0.2, 0.25) is 0 Å². The van der Waals surface area contributed by atoms with Gasteiger partial charge in [0.25, 0.3) is 0 Å². The largest absolute Gasteiger partial charge is 0.457 e. The van der Waals surface area contributed by atoms with Gasteiger partial charge in [0.15, 0.2) is 5.11 Å². The fraction of sp³-hybridized carbons (Fsp3) is 0.316. The SMILES string of the molecule is S=C(NCCN1CCOCC1)Nc1ccc(Oc2ccccc2)cc1. The lowest BCUT2D eigenvalue weighted by molar-refractivity contribution is 0.0389. The number of hydrogen-bond donors (Lipinski definition) is 2. The van der Waals surface area contributed by atoms with E-state index in [1.165, 1.54) is 0 Å². The van der Waals surface area contributed by atoms with Crippen molar-refractivity contribution in [3.63, 3.8) is 0 Å². The average Bonchev–Trinajstić information content (AvgIpc) is 2.65. The van der Waals surface area contributed by atoms with Gasteiger partial charge >= 0.3 is 0 Å². The Hall–Kier alpha value is -2.15. The minimum Gasteiger partial charge on any atom is -0.457 e. The molecule has 0 spiro atoms. The van der Waals surface area contributed by atoms with Gasteiger partial charge in [0, 0.05) is 31.9 Å². The maximum atomic E-state index is 5.78. The molecule has 0 aliphatic carbocycles. The summed E-state index contributed by atoms with van der Waals surface area (Å²) in [5.74, 6) is 1.62. The smallest absolute Gasteiger partial charge is 0.170 e. The lowest BCUT2D eigenvalue weighted by Crippen LogP contribution is -2.42. The number of nitrogens with one attached hydrogen (secondary N) is 2. The van der Waals surface area contributed by atoms with Gasteiger partial charge < -0.3 is 20.1 Å². The molecule has 1 saturated heterocycles. The van der Waals surface area contributed by atoms with E-state index in [1.54, 1.807) is 0 Å². The van der Waals surface area contributed by atoms with Gasteiger partial charge in [-0.2, -0.15) is 0 Å². The molecule has 0 bridgehead atoms. The van der Waals surface area contributed by atoms with Gasteiger partial charge in [0.05, 0.1) is 13.2 Å². The third-order valence-electron chi connectivity index (χ3n) is 3.91. The second-order valence-corrected chi connectivity index (χ2v) is 6.18. The van der Waals surface area contributed by atoms with Crippen molar-refractivity contribution in [2.24, 2.45) is 0 Å². The molecule has 1 heterocycles. The molecule has 6 heteroatoms. The van der Waals surface area contributed by atoms with Crippen LogP contribution >= 0.6 is 12.2 Å². The first kappa shape index (κ1) is 17.7. The summed E-state index contributed by atoms with van der Waals surface area (Å²) in [6, 6.07) is 17.5. The van der Waals surface area contributed by atoms with Crippen molar-refractivity contribution < 1.29 is 9.47 Å². The molecule has 0 amide bonds. The van der Waals surface area contributed by atoms with E-state index in [0.717, 1.165) is 56.6 Å². The lowest BCUT2D eigenvalue weighted by Gasteiger charge is -2.26. The highest BCUT2D eigenvalue weighted by Gasteiger charge is 2.09. The summed E-state index contributed by atoms with van der Waals surface area (Å²) in [5, 5.41) is 7.06. The van der Waals surface area contributed by atoms with Crippen molar-refractivity contribution >= 4 is 23.0 Å². The Balaban J connectivity index is 1.40. The minimum atomic E-state index is 0.630. The molecular formula is C19H23N3O2S. The number of anilines is 1. The van der Waals surface area contributed by atoms with E-state index < -0.39 is 0 Å². The molecule has 3 rings (SSSR count). The Morgan fingerprint density at radius 2 is 1.68 bits per heavy atom. The van der Waals surface area contributed by atoms with Crippen LogP contribution in [0, 0.1) is 0 Å².